The number of carbonyl (C=O) groups is 1. The zero-order valence-corrected chi connectivity index (χ0v) is 16.1. The van der Waals surface area contributed by atoms with Crippen LogP contribution in [0.5, 0.6) is 0 Å². The van der Waals surface area contributed by atoms with Crippen molar-refractivity contribution in [2.45, 2.75) is 19.8 Å². The molecule has 4 rings (SSSR count). The predicted octanol–water partition coefficient (Wildman–Crippen LogP) is 3.30. The molecule has 0 radical (unpaired) electrons. The molecule has 9 heteroatoms. The standard InChI is InChI=1S/C19H19FN6OS/c1-12-22-25-19(28-12)21-18(27)14-3-2-10-26(11-14)17-9-8-16(23-24-17)13-4-6-15(20)7-5-13/h4-9,14H,2-3,10-11H2,1H3,(H,21,25,27). The molecule has 28 heavy (non-hydrogen) atoms. The molecule has 1 aliphatic rings. The van der Waals surface area contributed by atoms with Gasteiger partial charge in [0.15, 0.2) is 5.82 Å². The minimum absolute atomic E-state index is 0.0447. The molecule has 1 saturated heterocycles. The average Bonchev–Trinajstić information content (AvgIpc) is 3.13. The van der Waals surface area contributed by atoms with E-state index in [1.54, 1.807) is 12.1 Å². The molecule has 1 unspecified atom stereocenters. The van der Waals surface area contributed by atoms with E-state index in [0.29, 0.717) is 17.4 Å². The van der Waals surface area contributed by atoms with Crippen LogP contribution in [0.15, 0.2) is 36.4 Å². The quantitative estimate of drug-likeness (QED) is 0.726. The second-order valence-electron chi connectivity index (χ2n) is 6.68. The van der Waals surface area contributed by atoms with Crippen molar-refractivity contribution in [3.05, 3.63) is 47.2 Å². The summed E-state index contributed by atoms with van der Waals surface area (Å²) in [6, 6.07) is 9.91. The highest BCUT2D eigenvalue weighted by Gasteiger charge is 2.27. The minimum Gasteiger partial charge on any atom is -0.354 e. The van der Waals surface area contributed by atoms with E-state index in [4.69, 9.17) is 0 Å². The summed E-state index contributed by atoms with van der Waals surface area (Å²) in [4.78, 5) is 14.6. The molecule has 1 N–H and O–H groups in total. The van der Waals surface area contributed by atoms with Gasteiger partial charge in [0.05, 0.1) is 11.6 Å². The summed E-state index contributed by atoms with van der Waals surface area (Å²) in [5.74, 6) is 0.262. The first kappa shape index (κ1) is 18.4. The third kappa shape index (κ3) is 4.14. The van der Waals surface area contributed by atoms with Gasteiger partial charge in [-0.2, -0.15) is 0 Å². The summed E-state index contributed by atoms with van der Waals surface area (Å²) in [7, 11) is 0. The van der Waals surface area contributed by atoms with Gasteiger partial charge in [-0.3, -0.25) is 4.79 Å². The van der Waals surface area contributed by atoms with E-state index < -0.39 is 0 Å². The van der Waals surface area contributed by atoms with Crippen molar-refractivity contribution in [1.29, 1.82) is 0 Å². The molecule has 0 bridgehead atoms. The molecule has 3 heterocycles. The lowest BCUT2D eigenvalue weighted by Gasteiger charge is -2.32. The fourth-order valence-electron chi connectivity index (χ4n) is 3.22. The van der Waals surface area contributed by atoms with Crippen molar-refractivity contribution >= 4 is 28.2 Å². The van der Waals surface area contributed by atoms with Crippen LogP contribution in [-0.2, 0) is 4.79 Å². The average molecular weight is 398 g/mol. The first-order chi connectivity index (χ1) is 13.6. The molecule has 2 aromatic heterocycles. The van der Waals surface area contributed by atoms with E-state index in [-0.39, 0.29) is 17.6 Å². The maximum absolute atomic E-state index is 13.1. The highest BCUT2D eigenvalue weighted by Crippen LogP contribution is 2.25. The number of anilines is 2. The Morgan fingerprint density at radius 3 is 2.64 bits per heavy atom. The second kappa shape index (κ2) is 7.97. The molecule has 1 aliphatic heterocycles. The van der Waals surface area contributed by atoms with Gasteiger partial charge in [-0.25, -0.2) is 4.39 Å². The van der Waals surface area contributed by atoms with E-state index in [2.05, 4.69) is 30.6 Å². The maximum Gasteiger partial charge on any atom is 0.231 e. The van der Waals surface area contributed by atoms with Crippen molar-refractivity contribution in [2.24, 2.45) is 5.92 Å². The van der Waals surface area contributed by atoms with Crippen molar-refractivity contribution in [1.82, 2.24) is 20.4 Å². The Bertz CT molecular complexity index is 959. The predicted molar refractivity (Wildman–Crippen MR) is 106 cm³/mol. The van der Waals surface area contributed by atoms with E-state index in [0.717, 1.165) is 35.8 Å². The van der Waals surface area contributed by atoms with Crippen molar-refractivity contribution in [3.8, 4) is 11.3 Å². The number of halogens is 1. The molecular weight excluding hydrogens is 379 g/mol. The fourth-order valence-corrected chi connectivity index (χ4v) is 3.82. The van der Waals surface area contributed by atoms with Gasteiger partial charge in [0.25, 0.3) is 0 Å². The topological polar surface area (TPSA) is 83.9 Å². The molecule has 7 nitrogen and oxygen atoms in total. The fraction of sp³-hybridized carbons (Fsp3) is 0.316. The summed E-state index contributed by atoms with van der Waals surface area (Å²) in [5, 5.41) is 20.6. The van der Waals surface area contributed by atoms with Gasteiger partial charge in [-0.1, -0.05) is 11.3 Å². The van der Waals surface area contributed by atoms with Crippen molar-refractivity contribution in [3.63, 3.8) is 0 Å². The van der Waals surface area contributed by atoms with Crippen LogP contribution in [0, 0.1) is 18.7 Å². The first-order valence-electron chi connectivity index (χ1n) is 9.04. The third-order valence-electron chi connectivity index (χ3n) is 4.66. The minimum atomic E-state index is -0.283. The molecule has 144 valence electrons. The van der Waals surface area contributed by atoms with E-state index in [9.17, 15) is 9.18 Å². The molecule has 1 atom stereocenters. The molecule has 0 spiro atoms. The van der Waals surface area contributed by atoms with Crippen LogP contribution in [0.25, 0.3) is 11.3 Å². The number of carbonyl (C=O) groups excluding carboxylic acids is 1. The number of amides is 1. The lowest BCUT2D eigenvalue weighted by molar-refractivity contribution is -0.120. The van der Waals surface area contributed by atoms with Crippen LogP contribution in [0.2, 0.25) is 0 Å². The number of nitrogens with zero attached hydrogens (tertiary/aromatic N) is 5. The normalized spacial score (nSPS) is 16.8. The van der Waals surface area contributed by atoms with Crippen LogP contribution in [0.4, 0.5) is 15.3 Å². The van der Waals surface area contributed by atoms with Crippen LogP contribution in [-0.4, -0.2) is 39.4 Å². The van der Waals surface area contributed by atoms with E-state index in [1.165, 1.54) is 23.5 Å². The van der Waals surface area contributed by atoms with Gasteiger partial charge in [0.2, 0.25) is 11.0 Å². The van der Waals surface area contributed by atoms with E-state index >= 15 is 0 Å². The van der Waals surface area contributed by atoms with Gasteiger partial charge in [0.1, 0.15) is 10.8 Å². The number of piperidine rings is 1. The zero-order chi connectivity index (χ0) is 19.5. The summed E-state index contributed by atoms with van der Waals surface area (Å²) in [6.45, 7) is 3.25. The summed E-state index contributed by atoms with van der Waals surface area (Å²) in [6.07, 6.45) is 1.72. The molecule has 0 aliphatic carbocycles. The van der Waals surface area contributed by atoms with E-state index in [1.807, 2.05) is 19.1 Å². The Labute approximate surface area is 165 Å². The van der Waals surface area contributed by atoms with Gasteiger partial charge in [-0.15, -0.1) is 20.4 Å². The Kier molecular flexibility index (Phi) is 5.25. The SMILES string of the molecule is Cc1nnc(NC(=O)C2CCCN(c3ccc(-c4ccc(F)cc4)nn3)C2)s1. The molecule has 1 fully saturated rings. The molecular formula is C19H19FN6OS. The number of hydrogen-bond acceptors (Lipinski definition) is 7. The summed E-state index contributed by atoms with van der Waals surface area (Å²) < 4.78 is 13.1. The number of benzene rings is 1. The smallest absolute Gasteiger partial charge is 0.231 e. The lowest BCUT2D eigenvalue weighted by atomic mass is 9.97. The number of nitrogens with one attached hydrogen (secondary N) is 1. The number of aromatic nitrogens is 4. The molecule has 1 aromatic carbocycles. The van der Waals surface area contributed by atoms with Gasteiger partial charge < -0.3 is 10.2 Å². The highest BCUT2D eigenvalue weighted by atomic mass is 32.1. The van der Waals surface area contributed by atoms with Crippen LogP contribution < -0.4 is 10.2 Å². The van der Waals surface area contributed by atoms with Crippen LogP contribution in [0.3, 0.4) is 0 Å². The Balaban J connectivity index is 1.42. The number of aryl methyl sites for hydroxylation is 1. The molecule has 1 amide bonds. The second-order valence-corrected chi connectivity index (χ2v) is 7.87. The monoisotopic (exact) mass is 398 g/mol. The lowest BCUT2D eigenvalue weighted by Crippen LogP contribution is -2.41. The third-order valence-corrected chi connectivity index (χ3v) is 5.42. The molecule has 0 saturated carbocycles. The van der Waals surface area contributed by atoms with Gasteiger partial charge in [0, 0.05) is 18.7 Å². The van der Waals surface area contributed by atoms with Crippen LogP contribution in [0.1, 0.15) is 17.8 Å². The Morgan fingerprint density at radius 2 is 1.96 bits per heavy atom. The Hall–Kier alpha value is -2.94. The largest absolute Gasteiger partial charge is 0.354 e. The van der Waals surface area contributed by atoms with Gasteiger partial charge >= 0.3 is 0 Å². The van der Waals surface area contributed by atoms with Crippen LogP contribution >= 0.6 is 11.3 Å². The zero-order valence-electron chi connectivity index (χ0n) is 15.3. The number of hydrogen-bond donors (Lipinski definition) is 1. The first-order valence-corrected chi connectivity index (χ1v) is 9.86. The van der Waals surface area contributed by atoms with Crippen molar-refractivity contribution < 1.29 is 9.18 Å². The van der Waals surface area contributed by atoms with Gasteiger partial charge in [-0.05, 0) is 56.2 Å². The summed E-state index contributed by atoms with van der Waals surface area (Å²) in [5.41, 5.74) is 1.49. The highest BCUT2D eigenvalue weighted by molar-refractivity contribution is 7.15. The molecule has 3 aromatic rings. The Morgan fingerprint density at radius 1 is 1.14 bits per heavy atom. The van der Waals surface area contributed by atoms with Crippen molar-refractivity contribution in [2.75, 3.05) is 23.3 Å². The number of rotatable bonds is 4. The maximum atomic E-state index is 13.1. The summed E-state index contributed by atoms with van der Waals surface area (Å²) >= 11 is 1.36.